The normalized spacial score (nSPS) is 18.5. The molecule has 1 heterocycles. The highest BCUT2D eigenvalue weighted by atomic mass is 79.9. The van der Waals surface area contributed by atoms with Gasteiger partial charge in [0.05, 0.1) is 13.2 Å². The lowest BCUT2D eigenvalue weighted by atomic mass is 10.1. The van der Waals surface area contributed by atoms with E-state index in [2.05, 4.69) is 31.1 Å². The van der Waals surface area contributed by atoms with E-state index >= 15 is 0 Å². The van der Waals surface area contributed by atoms with Crippen molar-refractivity contribution in [2.75, 3.05) is 33.4 Å². The second-order valence-electron chi connectivity index (χ2n) is 5.52. The lowest BCUT2D eigenvalue weighted by molar-refractivity contribution is 0.181. The first-order chi connectivity index (χ1) is 10.6. The molecule has 1 unspecified atom stereocenters. The van der Waals surface area contributed by atoms with Gasteiger partial charge >= 0.3 is 0 Å². The summed E-state index contributed by atoms with van der Waals surface area (Å²) >= 11 is 3.37. The third-order valence-electron chi connectivity index (χ3n) is 3.66. The van der Waals surface area contributed by atoms with Crippen LogP contribution in [0.15, 0.2) is 27.7 Å². The Morgan fingerprint density at radius 2 is 2.36 bits per heavy atom. The molecule has 0 aromatic heterocycles. The highest BCUT2D eigenvalue weighted by molar-refractivity contribution is 9.10. The molecule has 122 valence electrons. The number of nitrogens with zero attached hydrogens (tertiary/aromatic N) is 2. The monoisotopic (exact) mass is 371 g/mol. The van der Waals surface area contributed by atoms with Gasteiger partial charge in [-0.15, -0.1) is 0 Å². The summed E-state index contributed by atoms with van der Waals surface area (Å²) in [5.41, 5.74) is 0.586. The van der Waals surface area contributed by atoms with Crippen molar-refractivity contribution in [1.29, 1.82) is 0 Å². The lowest BCUT2D eigenvalue weighted by Gasteiger charge is -2.24. The van der Waals surface area contributed by atoms with E-state index in [1.54, 1.807) is 12.1 Å². The van der Waals surface area contributed by atoms with Crippen LogP contribution in [0.3, 0.4) is 0 Å². The molecule has 0 bridgehead atoms. The maximum Gasteiger partial charge on any atom is 0.193 e. The molecule has 2 rings (SSSR count). The van der Waals surface area contributed by atoms with Gasteiger partial charge in [-0.3, -0.25) is 0 Å². The zero-order valence-corrected chi connectivity index (χ0v) is 14.7. The number of rotatable bonds is 5. The van der Waals surface area contributed by atoms with E-state index in [-0.39, 0.29) is 5.82 Å². The zero-order chi connectivity index (χ0) is 15.9. The molecule has 1 atom stereocenters. The molecule has 1 aromatic rings. The van der Waals surface area contributed by atoms with E-state index < -0.39 is 0 Å². The van der Waals surface area contributed by atoms with Crippen LogP contribution < -0.4 is 5.32 Å². The van der Waals surface area contributed by atoms with Gasteiger partial charge in [-0.05, 0) is 31.5 Å². The van der Waals surface area contributed by atoms with Crippen molar-refractivity contribution >= 4 is 21.9 Å². The van der Waals surface area contributed by atoms with E-state index in [4.69, 9.17) is 4.74 Å². The number of hydrogen-bond acceptors (Lipinski definition) is 2. The minimum Gasteiger partial charge on any atom is -0.381 e. The second-order valence-corrected chi connectivity index (χ2v) is 6.43. The molecular weight excluding hydrogens is 349 g/mol. The van der Waals surface area contributed by atoms with Crippen molar-refractivity contribution < 1.29 is 9.13 Å². The molecule has 0 radical (unpaired) electrons. The van der Waals surface area contributed by atoms with Gasteiger partial charge in [-0.1, -0.05) is 15.9 Å². The minimum atomic E-state index is -0.227. The Labute approximate surface area is 139 Å². The Hall–Kier alpha value is -1.14. The SMILES string of the molecule is CCNC(=NCc1cc(Br)ccc1F)N(C)CC1CCOC1. The Bertz CT molecular complexity index is 518. The van der Waals surface area contributed by atoms with E-state index in [9.17, 15) is 4.39 Å². The van der Waals surface area contributed by atoms with Crippen LogP contribution in [-0.4, -0.2) is 44.2 Å². The highest BCUT2D eigenvalue weighted by Gasteiger charge is 2.19. The average Bonchev–Trinajstić information content (AvgIpc) is 2.99. The van der Waals surface area contributed by atoms with Crippen molar-refractivity contribution in [2.45, 2.75) is 19.9 Å². The van der Waals surface area contributed by atoms with Crippen molar-refractivity contribution in [2.24, 2.45) is 10.9 Å². The molecule has 1 saturated heterocycles. The summed E-state index contributed by atoms with van der Waals surface area (Å²) in [7, 11) is 2.01. The van der Waals surface area contributed by atoms with Crippen molar-refractivity contribution in [3.63, 3.8) is 0 Å². The van der Waals surface area contributed by atoms with Crippen LogP contribution in [0.5, 0.6) is 0 Å². The van der Waals surface area contributed by atoms with Gasteiger partial charge in [-0.2, -0.15) is 0 Å². The summed E-state index contributed by atoms with van der Waals surface area (Å²) in [6.45, 7) is 5.68. The number of aliphatic imine (C=N–C) groups is 1. The number of nitrogens with one attached hydrogen (secondary N) is 1. The minimum absolute atomic E-state index is 0.227. The summed E-state index contributed by atoms with van der Waals surface area (Å²) in [5, 5.41) is 3.26. The number of hydrogen-bond donors (Lipinski definition) is 1. The van der Waals surface area contributed by atoms with Crippen LogP contribution >= 0.6 is 15.9 Å². The summed E-state index contributed by atoms with van der Waals surface area (Å²) in [4.78, 5) is 6.65. The largest absolute Gasteiger partial charge is 0.381 e. The fraction of sp³-hybridized carbons (Fsp3) is 0.562. The Morgan fingerprint density at radius 1 is 1.55 bits per heavy atom. The maximum atomic E-state index is 13.8. The first-order valence-corrected chi connectivity index (χ1v) is 8.40. The second kappa shape index (κ2) is 8.48. The molecule has 0 saturated carbocycles. The molecule has 1 aromatic carbocycles. The molecule has 0 aliphatic carbocycles. The predicted octanol–water partition coefficient (Wildman–Crippen LogP) is 3.02. The molecule has 0 amide bonds. The molecule has 0 spiro atoms. The molecule has 4 nitrogen and oxygen atoms in total. The molecule has 1 aliphatic rings. The van der Waals surface area contributed by atoms with Crippen LogP contribution in [0, 0.1) is 11.7 Å². The third kappa shape index (κ3) is 4.95. The van der Waals surface area contributed by atoms with Gasteiger partial charge in [0.25, 0.3) is 0 Å². The first kappa shape index (κ1) is 17.2. The quantitative estimate of drug-likeness (QED) is 0.638. The molecule has 1 N–H and O–H groups in total. The van der Waals surface area contributed by atoms with Gasteiger partial charge in [0.15, 0.2) is 5.96 Å². The number of benzene rings is 1. The summed E-state index contributed by atoms with van der Waals surface area (Å²) < 4.78 is 20.1. The number of ether oxygens (including phenoxy) is 1. The van der Waals surface area contributed by atoms with Gasteiger partial charge in [0.1, 0.15) is 5.82 Å². The van der Waals surface area contributed by atoms with Crippen LogP contribution in [-0.2, 0) is 11.3 Å². The van der Waals surface area contributed by atoms with Crippen LogP contribution in [0.25, 0.3) is 0 Å². The average molecular weight is 372 g/mol. The number of halogens is 2. The van der Waals surface area contributed by atoms with E-state index in [0.717, 1.165) is 43.2 Å². The molecule has 22 heavy (non-hydrogen) atoms. The Kier molecular flexibility index (Phi) is 6.64. The third-order valence-corrected chi connectivity index (χ3v) is 4.15. The van der Waals surface area contributed by atoms with Gasteiger partial charge < -0.3 is 15.0 Å². The summed E-state index contributed by atoms with van der Waals surface area (Å²) in [6, 6.07) is 4.93. The molecule has 1 fully saturated rings. The summed E-state index contributed by atoms with van der Waals surface area (Å²) in [6.07, 6.45) is 1.09. The Balaban J connectivity index is 2.03. The van der Waals surface area contributed by atoms with Crippen molar-refractivity contribution in [1.82, 2.24) is 10.2 Å². The van der Waals surface area contributed by atoms with Crippen LogP contribution in [0.2, 0.25) is 0 Å². The van der Waals surface area contributed by atoms with Crippen LogP contribution in [0.4, 0.5) is 4.39 Å². The number of guanidine groups is 1. The topological polar surface area (TPSA) is 36.9 Å². The fourth-order valence-corrected chi connectivity index (χ4v) is 2.90. The Morgan fingerprint density at radius 3 is 3.05 bits per heavy atom. The zero-order valence-electron chi connectivity index (χ0n) is 13.1. The predicted molar refractivity (Wildman–Crippen MR) is 90.5 cm³/mol. The van der Waals surface area contributed by atoms with Crippen molar-refractivity contribution in [3.05, 3.63) is 34.1 Å². The van der Waals surface area contributed by atoms with Gasteiger partial charge in [0, 0.05) is 42.7 Å². The smallest absolute Gasteiger partial charge is 0.193 e. The first-order valence-electron chi connectivity index (χ1n) is 7.61. The highest BCUT2D eigenvalue weighted by Crippen LogP contribution is 2.17. The van der Waals surface area contributed by atoms with Crippen molar-refractivity contribution in [3.8, 4) is 0 Å². The molecule has 1 aliphatic heterocycles. The van der Waals surface area contributed by atoms with E-state index in [1.807, 2.05) is 14.0 Å². The molecular formula is C16H23BrFN3O. The van der Waals surface area contributed by atoms with E-state index in [1.165, 1.54) is 6.07 Å². The molecule has 6 heteroatoms. The van der Waals surface area contributed by atoms with Gasteiger partial charge in [-0.25, -0.2) is 9.38 Å². The fourth-order valence-electron chi connectivity index (χ4n) is 2.50. The standard InChI is InChI=1S/C16H23BrFN3O/c1-3-19-16(21(2)10-12-6-7-22-11-12)20-9-13-8-14(17)4-5-15(13)18/h4-5,8,12H,3,6-7,9-11H2,1-2H3,(H,19,20). The van der Waals surface area contributed by atoms with Crippen LogP contribution in [0.1, 0.15) is 18.9 Å². The van der Waals surface area contributed by atoms with Gasteiger partial charge in [0.2, 0.25) is 0 Å². The lowest BCUT2D eigenvalue weighted by Crippen LogP contribution is -2.41. The maximum absolute atomic E-state index is 13.8. The van der Waals surface area contributed by atoms with E-state index in [0.29, 0.717) is 18.0 Å². The summed E-state index contributed by atoms with van der Waals surface area (Å²) in [5.74, 6) is 1.11.